The topological polar surface area (TPSA) is 40.5 Å². The third-order valence-corrected chi connectivity index (χ3v) is 8.71. The van der Waals surface area contributed by atoms with E-state index < -0.39 is 12.2 Å². The summed E-state index contributed by atoms with van der Waals surface area (Å²) in [5.74, 6) is 3.38. The molecule has 0 heterocycles. The van der Waals surface area contributed by atoms with Crippen LogP contribution >= 0.6 is 0 Å². The molecule has 0 bridgehead atoms. The molecule has 0 aromatic heterocycles. The van der Waals surface area contributed by atoms with E-state index in [4.69, 9.17) is 0 Å². The lowest BCUT2D eigenvalue weighted by Crippen LogP contribution is -2.35. The van der Waals surface area contributed by atoms with Crippen LogP contribution in [-0.4, -0.2) is 22.4 Å². The van der Waals surface area contributed by atoms with Crippen molar-refractivity contribution in [2.24, 2.45) is 35.0 Å². The van der Waals surface area contributed by atoms with E-state index >= 15 is 0 Å². The summed E-state index contributed by atoms with van der Waals surface area (Å²) >= 11 is 0. The van der Waals surface area contributed by atoms with Crippen molar-refractivity contribution in [3.8, 4) is 0 Å². The van der Waals surface area contributed by atoms with Crippen molar-refractivity contribution in [1.82, 2.24) is 0 Å². The van der Waals surface area contributed by atoms with Crippen LogP contribution in [0.4, 0.5) is 0 Å². The van der Waals surface area contributed by atoms with Gasteiger partial charge in [0.2, 0.25) is 0 Å². The summed E-state index contributed by atoms with van der Waals surface area (Å²) in [6, 6.07) is 0. The fraction of sp³-hybridized carbons (Fsp3) is 0.714. The minimum atomic E-state index is -0.605. The van der Waals surface area contributed by atoms with Crippen LogP contribution in [0, 0.1) is 35.0 Å². The molecule has 3 aliphatic carbocycles. The van der Waals surface area contributed by atoms with Gasteiger partial charge in [-0.1, -0.05) is 71.1 Å². The Kier molecular flexibility index (Phi) is 7.51. The lowest BCUT2D eigenvalue weighted by Gasteiger charge is -2.44. The lowest BCUT2D eigenvalue weighted by molar-refractivity contribution is 0.0862. The Morgan fingerprint density at radius 3 is 2.50 bits per heavy atom. The number of allylic oxidation sites excluding steroid dienone is 5. The molecule has 3 fully saturated rings. The van der Waals surface area contributed by atoms with Gasteiger partial charge in [-0.2, -0.15) is 0 Å². The largest absolute Gasteiger partial charge is 0.393 e. The van der Waals surface area contributed by atoms with Crippen LogP contribution in [0.2, 0.25) is 0 Å². The molecular formula is C28H44O2. The SMILES string of the molecule is C=C1/C(=C\C=C2/CCC[C@@]3(C)C2CCC3C(C)/C=C/C(C)C(C)C)CC(O)CC1O. The number of aliphatic hydroxyl groups excluding tert-OH is 2. The van der Waals surface area contributed by atoms with Crippen molar-refractivity contribution >= 4 is 0 Å². The first-order valence-corrected chi connectivity index (χ1v) is 12.3. The Morgan fingerprint density at radius 2 is 1.80 bits per heavy atom. The van der Waals surface area contributed by atoms with Gasteiger partial charge in [-0.15, -0.1) is 0 Å². The predicted octanol–water partition coefficient (Wildman–Crippen LogP) is 6.61. The first-order valence-electron chi connectivity index (χ1n) is 12.3. The van der Waals surface area contributed by atoms with Gasteiger partial charge in [0, 0.05) is 6.42 Å². The summed E-state index contributed by atoms with van der Waals surface area (Å²) in [7, 11) is 0. The standard InChI is InChI=1S/C28H44O2/c1-18(2)19(3)9-10-20(4)25-13-14-26-22(8-7-15-28(25,26)6)11-12-23-16-24(29)17-27(30)21(23)5/h9-12,18-20,24-27,29-30H,5,7-8,13-17H2,1-4,6H3/b10-9+,22-11+,23-12-/t19?,20?,24?,25?,26?,27?,28-/m1/s1. The quantitative estimate of drug-likeness (QED) is 0.499. The van der Waals surface area contributed by atoms with Gasteiger partial charge in [0.15, 0.2) is 0 Å². The van der Waals surface area contributed by atoms with Gasteiger partial charge in [0.05, 0.1) is 12.2 Å². The van der Waals surface area contributed by atoms with Crippen LogP contribution < -0.4 is 0 Å². The van der Waals surface area contributed by atoms with Crippen molar-refractivity contribution in [3.63, 3.8) is 0 Å². The molecule has 3 saturated carbocycles. The number of hydrogen-bond acceptors (Lipinski definition) is 2. The van der Waals surface area contributed by atoms with E-state index in [1.807, 2.05) is 0 Å². The molecule has 30 heavy (non-hydrogen) atoms. The zero-order valence-corrected chi connectivity index (χ0v) is 19.9. The van der Waals surface area contributed by atoms with E-state index in [1.54, 1.807) is 5.57 Å². The summed E-state index contributed by atoms with van der Waals surface area (Å²) in [6.07, 6.45) is 15.8. The summed E-state index contributed by atoms with van der Waals surface area (Å²) in [4.78, 5) is 0. The van der Waals surface area contributed by atoms with Gasteiger partial charge in [0.1, 0.15) is 0 Å². The number of fused-ring (bicyclic) bond motifs is 1. The first-order chi connectivity index (χ1) is 14.1. The minimum Gasteiger partial charge on any atom is -0.393 e. The highest BCUT2D eigenvalue weighted by atomic mass is 16.3. The molecule has 0 radical (unpaired) electrons. The fourth-order valence-corrected chi connectivity index (χ4v) is 6.32. The molecule has 0 spiro atoms. The maximum absolute atomic E-state index is 10.1. The highest BCUT2D eigenvalue weighted by Gasteiger charge is 2.50. The van der Waals surface area contributed by atoms with Crippen LogP contribution in [0.15, 0.2) is 47.6 Å². The van der Waals surface area contributed by atoms with Crippen molar-refractivity contribution < 1.29 is 10.2 Å². The molecule has 2 heteroatoms. The number of aliphatic hydroxyl groups is 2. The highest BCUT2D eigenvalue weighted by Crippen LogP contribution is 2.59. The zero-order valence-electron chi connectivity index (χ0n) is 19.9. The monoisotopic (exact) mass is 412 g/mol. The van der Waals surface area contributed by atoms with E-state index in [0.717, 1.165) is 17.1 Å². The maximum atomic E-state index is 10.1. The van der Waals surface area contributed by atoms with E-state index in [1.165, 1.54) is 32.1 Å². The van der Waals surface area contributed by atoms with Gasteiger partial charge in [-0.25, -0.2) is 0 Å². The van der Waals surface area contributed by atoms with Crippen LogP contribution in [0.1, 0.15) is 79.6 Å². The Balaban J connectivity index is 1.76. The second kappa shape index (κ2) is 9.57. The van der Waals surface area contributed by atoms with E-state index in [2.05, 4.69) is 65.5 Å². The molecule has 0 amide bonds. The molecule has 3 aliphatic rings. The average molecular weight is 413 g/mol. The molecule has 2 N–H and O–H groups in total. The second-order valence-electron chi connectivity index (χ2n) is 11.0. The molecular weight excluding hydrogens is 368 g/mol. The van der Waals surface area contributed by atoms with Crippen molar-refractivity contribution in [1.29, 1.82) is 0 Å². The van der Waals surface area contributed by atoms with Gasteiger partial charge < -0.3 is 10.2 Å². The maximum Gasteiger partial charge on any atom is 0.0811 e. The minimum absolute atomic E-state index is 0.385. The normalized spacial score (nSPS) is 39.8. The van der Waals surface area contributed by atoms with Gasteiger partial charge in [-0.3, -0.25) is 0 Å². The molecule has 3 rings (SSSR count). The summed E-state index contributed by atoms with van der Waals surface area (Å²) in [5.41, 5.74) is 3.77. The fourth-order valence-electron chi connectivity index (χ4n) is 6.32. The Labute approximate surface area is 184 Å². The average Bonchev–Trinajstić information content (AvgIpc) is 3.04. The van der Waals surface area contributed by atoms with Crippen LogP contribution in [0.3, 0.4) is 0 Å². The Hall–Kier alpha value is -1.12. The smallest absolute Gasteiger partial charge is 0.0811 e. The summed E-state index contributed by atoms with van der Waals surface area (Å²) in [5, 5.41) is 20.2. The van der Waals surface area contributed by atoms with Crippen molar-refractivity contribution in [3.05, 3.63) is 47.6 Å². The first kappa shape index (κ1) is 23.5. The Bertz CT molecular complexity index is 712. The number of rotatable bonds is 5. The van der Waals surface area contributed by atoms with E-state index in [-0.39, 0.29) is 0 Å². The third kappa shape index (κ3) is 4.86. The zero-order chi connectivity index (χ0) is 22.1. The molecule has 0 aliphatic heterocycles. The molecule has 7 atom stereocenters. The molecule has 6 unspecified atom stereocenters. The van der Waals surface area contributed by atoms with Gasteiger partial charge >= 0.3 is 0 Å². The highest BCUT2D eigenvalue weighted by molar-refractivity contribution is 5.38. The molecule has 0 aromatic rings. The summed E-state index contributed by atoms with van der Waals surface area (Å²) in [6.45, 7) is 16.0. The predicted molar refractivity (Wildman–Crippen MR) is 127 cm³/mol. The lowest BCUT2D eigenvalue weighted by atomic mass is 9.61. The van der Waals surface area contributed by atoms with Crippen molar-refractivity contribution in [2.45, 2.75) is 91.8 Å². The second-order valence-corrected chi connectivity index (χ2v) is 11.0. The van der Waals surface area contributed by atoms with Crippen LogP contribution in [0.25, 0.3) is 0 Å². The van der Waals surface area contributed by atoms with Gasteiger partial charge in [-0.05, 0) is 84.7 Å². The van der Waals surface area contributed by atoms with E-state index in [0.29, 0.717) is 41.9 Å². The molecule has 0 saturated heterocycles. The third-order valence-electron chi connectivity index (χ3n) is 8.71. The van der Waals surface area contributed by atoms with Crippen LogP contribution in [0.5, 0.6) is 0 Å². The molecule has 2 nitrogen and oxygen atoms in total. The number of hydrogen-bond donors (Lipinski definition) is 2. The Morgan fingerprint density at radius 1 is 1.07 bits per heavy atom. The summed E-state index contributed by atoms with van der Waals surface area (Å²) < 4.78 is 0. The van der Waals surface area contributed by atoms with Crippen molar-refractivity contribution in [2.75, 3.05) is 0 Å². The molecule has 168 valence electrons. The van der Waals surface area contributed by atoms with E-state index in [9.17, 15) is 10.2 Å². The van der Waals surface area contributed by atoms with Crippen LogP contribution in [-0.2, 0) is 0 Å². The molecule has 0 aromatic carbocycles. The van der Waals surface area contributed by atoms with Gasteiger partial charge in [0.25, 0.3) is 0 Å².